The average Bonchev–Trinajstić information content (AvgIpc) is 2.45. The Hall–Kier alpha value is -0.890. The first-order valence-corrected chi connectivity index (χ1v) is 6.79. The molecular weight excluding hydrogens is 293 g/mol. The van der Waals surface area contributed by atoms with Crippen molar-refractivity contribution in [3.8, 4) is 0 Å². The Morgan fingerprint density at radius 1 is 1.26 bits per heavy atom. The third-order valence-corrected chi connectivity index (χ3v) is 2.92. The number of anilines is 2. The van der Waals surface area contributed by atoms with Crippen LogP contribution in [0.3, 0.4) is 0 Å². The molecule has 0 unspecified atom stereocenters. The minimum Gasteiger partial charge on any atom is -0.395 e. The summed E-state index contributed by atoms with van der Waals surface area (Å²) in [4.78, 5) is 13.8. The van der Waals surface area contributed by atoms with Crippen LogP contribution in [0.25, 0.3) is 0 Å². The Kier molecular flexibility index (Phi) is 5.38. The Morgan fingerprint density at radius 2 is 2.00 bits per heavy atom. The third-order valence-electron chi connectivity index (χ3n) is 2.52. The highest BCUT2D eigenvalue weighted by molar-refractivity contribution is 6.43. The number of aliphatic hydroxyl groups excluding tert-OH is 1. The van der Waals surface area contributed by atoms with Crippen molar-refractivity contribution in [1.82, 2.24) is 15.0 Å². The summed E-state index contributed by atoms with van der Waals surface area (Å²) >= 11 is 11.6. The molecule has 0 aromatic carbocycles. The molecule has 2 rings (SSSR count). The van der Waals surface area contributed by atoms with E-state index < -0.39 is 4.84 Å². The summed E-state index contributed by atoms with van der Waals surface area (Å²) < 4.78 is 5.28. The van der Waals surface area contributed by atoms with Gasteiger partial charge in [-0.25, -0.2) is 0 Å². The van der Waals surface area contributed by atoms with E-state index in [9.17, 15) is 0 Å². The molecule has 0 atom stereocenters. The lowest BCUT2D eigenvalue weighted by Gasteiger charge is -2.27. The van der Waals surface area contributed by atoms with Crippen molar-refractivity contribution in [1.29, 1.82) is 0 Å². The van der Waals surface area contributed by atoms with E-state index in [1.54, 1.807) is 0 Å². The van der Waals surface area contributed by atoms with Gasteiger partial charge in [0, 0.05) is 19.6 Å². The molecular formula is C10H15Cl2N5O2. The number of alkyl halides is 2. The molecule has 1 saturated heterocycles. The molecule has 9 heteroatoms. The Morgan fingerprint density at radius 3 is 2.63 bits per heavy atom. The highest BCUT2D eigenvalue weighted by Crippen LogP contribution is 2.23. The SMILES string of the molecule is OCCNc1nc(C(Cl)Cl)nc(N2CCOCC2)n1. The molecule has 1 aliphatic rings. The summed E-state index contributed by atoms with van der Waals surface area (Å²) in [6, 6.07) is 0. The molecule has 0 bridgehead atoms. The first-order chi connectivity index (χ1) is 9.20. The van der Waals surface area contributed by atoms with Crippen LogP contribution >= 0.6 is 23.2 Å². The second-order valence-corrected chi connectivity index (χ2v) is 4.96. The van der Waals surface area contributed by atoms with E-state index in [1.807, 2.05) is 4.90 Å². The maximum Gasteiger partial charge on any atom is 0.230 e. The lowest BCUT2D eigenvalue weighted by Crippen LogP contribution is -2.37. The molecule has 2 heterocycles. The van der Waals surface area contributed by atoms with E-state index in [0.29, 0.717) is 50.6 Å². The number of halogens is 2. The van der Waals surface area contributed by atoms with Crippen LogP contribution in [-0.2, 0) is 4.74 Å². The molecule has 2 N–H and O–H groups in total. The van der Waals surface area contributed by atoms with Gasteiger partial charge in [-0.2, -0.15) is 15.0 Å². The van der Waals surface area contributed by atoms with Gasteiger partial charge in [0.05, 0.1) is 19.8 Å². The topological polar surface area (TPSA) is 83.4 Å². The number of aromatic nitrogens is 3. The molecule has 1 aliphatic heterocycles. The number of nitrogens with zero attached hydrogens (tertiary/aromatic N) is 4. The Labute approximate surface area is 120 Å². The minimum absolute atomic E-state index is 0.0148. The highest BCUT2D eigenvalue weighted by atomic mass is 35.5. The molecule has 0 radical (unpaired) electrons. The van der Waals surface area contributed by atoms with Gasteiger partial charge in [0.15, 0.2) is 10.7 Å². The summed E-state index contributed by atoms with van der Waals surface area (Å²) in [6.07, 6.45) is 0. The monoisotopic (exact) mass is 307 g/mol. The predicted molar refractivity (Wildman–Crippen MR) is 72.9 cm³/mol. The Balaban J connectivity index is 2.22. The van der Waals surface area contributed by atoms with Crippen molar-refractivity contribution in [2.45, 2.75) is 4.84 Å². The fourth-order valence-electron chi connectivity index (χ4n) is 1.63. The van der Waals surface area contributed by atoms with Gasteiger partial charge in [-0.15, -0.1) is 0 Å². The number of rotatable bonds is 5. The number of hydrogen-bond acceptors (Lipinski definition) is 7. The molecule has 1 fully saturated rings. The molecule has 1 aromatic heterocycles. The smallest absolute Gasteiger partial charge is 0.230 e. The highest BCUT2D eigenvalue weighted by Gasteiger charge is 2.18. The van der Waals surface area contributed by atoms with Crippen molar-refractivity contribution in [3.63, 3.8) is 0 Å². The van der Waals surface area contributed by atoms with Crippen LogP contribution in [-0.4, -0.2) is 59.5 Å². The molecule has 19 heavy (non-hydrogen) atoms. The molecule has 106 valence electrons. The average molecular weight is 308 g/mol. The first kappa shape index (κ1) is 14.5. The van der Waals surface area contributed by atoms with Gasteiger partial charge in [-0.3, -0.25) is 0 Å². The maximum atomic E-state index is 8.81. The van der Waals surface area contributed by atoms with Crippen molar-refractivity contribution >= 4 is 35.1 Å². The van der Waals surface area contributed by atoms with Crippen LogP contribution in [0.15, 0.2) is 0 Å². The molecule has 7 nitrogen and oxygen atoms in total. The van der Waals surface area contributed by atoms with Gasteiger partial charge < -0.3 is 20.1 Å². The summed E-state index contributed by atoms with van der Waals surface area (Å²) in [5, 5.41) is 11.7. The van der Waals surface area contributed by atoms with Crippen molar-refractivity contribution < 1.29 is 9.84 Å². The lowest BCUT2D eigenvalue weighted by atomic mass is 10.4. The van der Waals surface area contributed by atoms with Gasteiger partial charge in [-0.1, -0.05) is 23.2 Å². The summed E-state index contributed by atoms with van der Waals surface area (Å²) in [5.41, 5.74) is 0. The fraction of sp³-hybridized carbons (Fsp3) is 0.700. The van der Waals surface area contributed by atoms with Crippen molar-refractivity contribution in [2.24, 2.45) is 0 Å². The van der Waals surface area contributed by atoms with Gasteiger partial charge in [-0.05, 0) is 0 Å². The van der Waals surface area contributed by atoms with E-state index in [1.165, 1.54) is 0 Å². The lowest BCUT2D eigenvalue weighted by molar-refractivity contribution is 0.122. The second-order valence-electron chi connectivity index (χ2n) is 3.87. The van der Waals surface area contributed by atoms with Crippen LogP contribution in [0.2, 0.25) is 0 Å². The van der Waals surface area contributed by atoms with E-state index in [0.717, 1.165) is 0 Å². The number of aliphatic hydroxyl groups is 1. The van der Waals surface area contributed by atoms with E-state index in [4.69, 9.17) is 33.0 Å². The first-order valence-electron chi connectivity index (χ1n) is 5.92. The summed E-state index contributed by atoms with van der Waals surface area (Å²) in [6.45, 7) is 3.01. The molecule has 0 amide bonds. The van der Waals surface area contributed by atoms with E-state index >= 15 is 0 Å². The van der Waals surface area contributed by atoms with Crippen molar-refractivity contribution in [3.05, 3.63) is 5.82 Å². The predicted octanol–water partition coefficient (Wildman–Crippen LogP) is 0.589. The van der Waals surface area contributed by atoms with Gasteiger partial charge in [0.25, 0.3) is 0 Å². The molecule has 0 saturated carbocycles. The fourth-order valence-corrected chi connectivity index (χ4v) is 1.82. The van der Waals surface area contributed by atoms with Crippen LogP contribution in [0.1, 0.15) is 10.7 Å². The number of nitrogens with one attached hydrogen (secondary N) is 1. The summed E-state index contributed by atoms with van der Waals surface area (Å²) in [7, 11) is 0. The van der Waals surface area contributed by atoms with E-state index in [2.05, 4.69) is 20.3 Å². The number of hydrogen-bond donors (Lipinski definition) is 2. The zero-order valence-electron chi connectivity index (χ0n) is 10.2. The van der Waals surface area contributed by atoms with Gasteiger partial charge in [0.1, 0.15) is 0 Å². The zero-order valence-corrected chi connectivity index (χ0v) is 11.7. The van der Waals surface area contributed by atoms with Crippen LogP contribution < -0.4 is 10.2 Å². The van der Waals surface area contributed by atoms with Crippen LogP contribution in [0, 0.1) is 0 Å². The van der Waals surface area contributed by atoms with Gasteiger partial charge in [0.2, 0.25) is 11.9 Å². The maximum absolute atomic E-state index is 8.81. The summed E-state index contributed by atoms with van der Waals surface area (Å²) in [5.74, 6) is 1.16. The van der Waals surface area contributed by atoms with Crippen LogP contribution in [0.5, 0.6) is 0 Å². The van der Waals surface area contributed by atoms with Crippen molar-refractivity contribution in [2.75, 3.05) is 49.7 Å². The largest absolute Gasteiger partial charge is 0.395 e. The van der Waals surface area contributed by atoms with E-state index in [-0.39, 0.29) is 6.61 Å². The molecule has 1 aromatic rings. The second kappa shape index (κ2) is 7.04. The van der Waals surface area contributed by atoms with Gasteiger partial charge >= 0.3 is 0 Å². The molecule has 0 aliphatic carbocycles. The zero-order chi connectivity index (χ0) is 13.7. The quantitative estimate of drug-likeness (QED) is 0.770. The normalized spacial score (nSPS) is 15.9. The van der Waals surface area contributed by atoms with Crippen LogP contribution in [0.4, 0.5) is 11.9 Å². The molecule has 0 spiro atoms. The standard InChI is InChI=1S/C10H15Cl2N5O2/c11-7(12)8-14-9(13-1-4-18)16-10(15-8)17-2-5-19-6-3-17/h7,18H,1-6H2,(H,13,14,15,16). The number of morpholine rings is 1. The Bertz CT molecular complexity index is 415. The third kappa shape index (κ3) is 4.04. The number of ether oxygens (including phenoxy) is 1. The minimum atomic E-state index is -0.822.